The Morgan fingerprint density at radius 3 is 2.53 bits per heavy atom. The molecule has 3 aromatic rings. The van der Waals surface area contributed by atoms with E-state index in [4.69, 9.17) is 4.74 Å². The highest BCUT2D eigenvalue weighted by atomic mass is 19.1. The topological polar surface area (TPSA) is 58.6 Å². The molecule has 0 spiro atoms. The molecule has 4 rings (SSSR count). The Hall–Kier alpha value is -3.67. The van der Waals surface area contributed by atoms with Crippen molar-refractivity contribution >= 4 is 11.8 Å². The molecule has 0 radical (unpaired) electrons. The molecule has 164 valence electrons. The van der Waals surface area contributed by atoms with Crippen molar-refractivity contribution in [2.24, 2.45) is 5.92 Å². The second kappa shape index (κ2) is 9.64. The molecule has 0 bridgehead atoms. The molecule has 1 fully saturated rings. The molecule has 1 N–H and O–H groups in total. The molecule has 6 heteroatoms. The smallest absolute Gasteiger partial charge is 0.254 e. The van der Waals surface area contributed by atoms with Crippen molar-refractivity contribution in [2.45, 2.75) is 12.5 Å². The number of amides is 2. The average Bonchev–Trinajstić information content (AvgIpc) is 3.28. The minimum atomic E-state index is -0.477. The molecule has 32 heavy (non-hydrogen) atoms. The zero-order valence-electron chi connectivity index (χ0n) is 17.8. The van der Waals surface area contributed by atoms with Crippen LogP contribution in [0.3, 0.4) is 0 Å². The first-order valence-electron chi connectivity index (χ1n) is 10.6. The van der Waals surface area contributed by atoms with Gasteiger partial charge in [0.2, 0.25) is 5.91 Å². The number of rotatable bonds is 6. The highest BCUT2D eigenvalue weighted by molar-refractivity contribution is 5.95. The molecule has 1 aliphatic heterocycles. The summed E-state index contributed by atoms with van der Waals surface area (Å²) in [6, 6.07) is 22.9. The van der Waals surface area contributed by atoms with E-state index < -0.39 is 5.92 Å². The summed E-state index contributed by atoms with van der Waals surface area (Å²) in [5, 5.41) is 2.98. The number of likely N-dealkylation sites (tertiary alicyclic amines) is 1. The zero-order chi connectivity index (χ0) is 22.5. The van der Waals surface area contributed by atoms with Gasteiger partial charge in [-0.3, -0.25) is 9.59 Å². The lowest BCUT2D eigenvalue weighted by Crippen LogP contribution is -2.35. The molecule has 1 aliphatic rings. The number of ether oxygens (including phenoxy) is 1. The van der Waals surface area contributed by atoms with Crippen LogP contribution in [0.5, 0.6) is 5.75 Å². The van der Waals surface area contributed by atoms with E-state index in [1.807, 2.05) is 36.4 Å². The summed E-state index contributed by atoms with van der Waals surface area (Å²) in [4.78, 5) is 28.0. The van der Waals surface area contributed by atoms with E-state index in [-0.39, 0.29) is 30.1 Å². The van der Waals surface area contributed by atoms with E-state index in [1.165, 1.54) is 12.1 Å². The second-order valence-electron chi connectivity index (χ2n) is 7.91. The SMILES string of the molecule is COc1cccc(C(=O)N2C[C@H](c3cccc(F)c3)[C@H](C(=O)NCc3ccccc3)C2)c1. The van der Waals surface area contributed by atoms with E-state index in [1.54, 1.807) is 42.3 Å². The molecule has 0 aliphatic carbocycles. The summed E-state index contributed by atoms with van der Waals surface area (Å²) in [6.45, 7) is 0.997. The van der Waals surface area contributed by atoms with Gasteiger partial charge in [-0.2, -0.15) is 0 Å². The fraction of sp³-hybridized carbons (Fsp3) is 0.231. The van der Waals surface area contributed by atoms with Gasteiger partial charge in [0.05, 0.1) is 13.0 Å². The van der Waals surface area contributed by atoms with Crippen LogP contribution in [0.2, 0.25) is 0 Å². The molecular weight excluding hydrogens is 407 g/mol. The lowest BCUT2D eigenvalue weighted by Gasteiger charge is -2.18. The highest BCUT2D eigenvalue weighted by Gasteiger charge is 2.40. The number of methoxy groups -OCH3 is 1. The number of halogens is 1. The van der Waals surface area contributed by atoms with Crippen LogP contribution in [-0.4, -0.2) is 36.9 Å². The number of benzene rings is 3. The van der Waals surface area contributed by atoms with Gasteiger partial charge in [0.1, 0.15) is 11.6 Å². The number of carbonyl (C=O) groups is 2. The average molecular weight is 432 g/mol. The number of nitrogens with one attached hydrogen (secondary N) is 1. The van der Waals surface area contributed by atoms with Gasteiger partial charge in [-0.05, 0) is 41.5 Å². The largest absolute Gasteiger partial charge is 0.497 e. The van der Waals surface area contributed by atoms with Crippen molar-refractivity contribution < 1.29 is 18.7 Å². The molecule has 1 heterocycles. The first-order chi connectivity index (χ1) is 15.5. The Morgan fingerprint density at radius 2 is 1.78 bits per heavy atom. The molecule has 3 aromatic carbocycles. The van der Waals surface area contributed by atoms with Crippen LogP contribution in [0, 0.1) is 11.7 Å². The van der Waals surface area contributed by atoms with Gasteiger partial charge >= 0.3 is 0 Å². The molecule has 0 unspecified atom stereocenters. The summed E-state index contributed by atoms with van der Waals surface area (Å²) in [5.74, 6) is -0.865. The standard InChI is InChI=1S/C26H25FN2O3/c1-32-22-12-6-10-20(14-22)26(31)29-16-23(19-9-5-11-21(27)13-19)24(17-29)25(30)28-15-18-7-3-2-4-8-18/h2-14,23-24H,15-17H2,1H3,(H,28,30)/t23-,24-/m1/s1. The Kier molecular flexibility index (Phi) is 6.50. The van der Waals surface area contributed by atoms with Crippen molar-refractivity contribution in [3.05, 3.63) is 101 Å². The number of carbonyl (C=O) groups excluding carboxylic acids is 2. The molecule has 2 amide bonds. The molecule has 5 nitrogen and oxygen atoms in total. The lowest BCUT2D eigenvalue weighted by atomic mass is 9.88. The molecular formula is C26H25FN2O3. The monoisotopic (exact) mass is 432 g/mol. The molecule has 0 aromatic heterocycles. The van der Waals surface area contributed by atoms with Crippen molar-refractivity contribution in [1.29, 1.82) is 0 Å². The summed E-state index contributed by atoms with van der Waals surface area (Å²) in [7, 11) is 1.55. The van der Waals surface area contributed by atoms with Gasteiger partial charge in [-0.1, -0.05) is 48.5 Å². The van der Waals surface area contributed by atoms with Crippen molar-refractivity contribution in [3.63, 3.8) is 0 Å². The molecule has 1 saturated heterocycles. The van der Waals surface area contributed by atoms with Crippen LogP contribution in [-0.2, 0) is 11.3 Å². The maximum absolute atomic E-state index is 13.9. The Morgan fingerprint density at radius 1 is 1.00 bits per heavy atom. The normalized spacial score (nSPS) is 17.8. The summed E-state index contributed by atoms with van der Waals surface area (Å²) in [5.41, 5.74) is 2.20. The Bertz CT molecular complexity index is 1100. The van der Waals surface area contributed by atoms with Crippen LogP contribution in [0.15, 0.2) is 78.9 Å². The van der Waals surface area contributed by atoms with E-state index in [2.05, 4.69) is 5.32 Å². The van der Waals surface area contributed by atoms with Crippen molar-refractivity contribution in [1.82, 2.24) is 10.2 Å². The van der Waals surface area contributed by atoms with Gasteiger partial charge < -0.3 is 15.0 Å². The van der Waals surface area contributed by atoms with Gasteiger partial charge in [-0.15, -0.1) is 0 Å². The van der Waals surface area contributed by atoms with Crippen molar-refractivity contribution in [3.8, 4) is 5.75 Å². The minimum Gasteiger partial charge on any atom is -0.497 e. The van der Waals surface area contributed by atoms with E-state index in [0.29, 0.717) is 30.0 Å². The van der Waals surface area contributed by atoms with E-state index in [0.717, 1.165) is 5.56 Å². The Balaban J connectivity index is 1.56. The third kappa shape index (κ3) is 4.80. The van der Waals surface area contributed by atoms with Gasteiger partial charge in [0.15, 0.2) is 0 Å². The van der Waals surface area contributed by atoms with Crippen molar-refractivity contribution in [2.75, 3.05) is 20.2 Å². The number of hydrogen-bond donors (Lipinski definition) is 1. The van der Waals surface area contributed by atoms with Crippen LogP contribution < -0.4 is 10.1 Å². The minimum absolute atomic E-state index is 0.149. The molecule has 0 saturated carbocycles. The number of hydrogen-bond acceptors (Lipinski definition) is 3. The summed E-state index contributed by atoms with van der Waals surface area (Å²) in [6.07, 6.45) is 0. The maximum atomic E-state index is 13.9. The number of nitrogens with zero attached hydrogens (tertiary/aromatic N) is 1. The lowest BCUT2D eigenvalue weighted by molar-refractivity contribution is -0.125. The fourth-order valence-corrected chi connectivity index (χ4v) is 4.17. The van der Waals surface area contributed by atoms with Crippen LogP contribution in [0.1, 0.15) is 27.4 Å². The maximum Gasteiger partial charge on any atom is 0.254 e. The first kappa shape index (κ1) is 21.6. The van der Waals surface area contributed by atoms with Crippen LogP contribution in [0.25, 0.3) is 0 Å². The van der Waals surface area contributed by atoms with Crippen LogP contribution >= 0.6 is 0 Å². The van der Waals surface area contributed by atoms with Gasteiger partial charge in [0.25, 0.3) is 5.91 Å². The first-order valence-corrected chi connectivity index (χ1v) is 10.6. The summed E-state index contributed by atoms with van der Waals surface area (Å²) < 4.78 is 19.2. The molecule has 2 atom stereocenters. The van der Waals surface area contributed by atoms with E-state index in [9.17, 15) is 14.0 Å². The summed E-state index contributed by atoms with van der Waals surface area (Å²) >= 11 is 0. The predicted octanol–water partition coefficient (Wildman–Crippen LogP) is 4.01. The second-order valence-corrected chi connectivity index (χ2v) is 7.91. The van der Waals surface area contributed by atoms with Crippen LogP contribution in [0.4, 0.5) is 4.39 Å². The highest BCUT2D eigenvalue weighted by Crippen LogP contribution is 2.34. The van der Waals surface area contributed by atoms with Gasteiger partial charge in [0, 0.05) is 31.1 Å². The van der Waals surface area contributed by atoms with E-state index >= 15 is 0 Å². The third-order valence-electron chi connectivity index (χ3n) is 5.85. The Labute approximate surface area is 186 Å². The zero-order valence-corrected chi connectivity index (χ0v) is 17.8. The predicted molar refractivity (Wildman–Crippen MR) is 120 cm³/mol. The third-order valence-corrected chi connectivity index (χ3v) is 5.85. The van der Waals surface area contributed by atoms with Gasteiger partial charge in [-0.25, -0.2) is 4.39 Å². The quantitative estimate of drug-likeness (QED) is 0.640. The fourth-order valence-electron chi connectivity index (χ4n) is 4.17.